The molecule has 0 fully saturated rings. The van der Waals surface area contributed by atoms with E-state index in [-0.39, 0.29) is 18.2 Å². The molecular formula is C14H16FN5O2. The van der Waals surface area contributed by atoms with Crippen LogP contribution in [-0.2, 0) is 16.0 Å². The Balaban J connectivity index is 2.47. The lowest BCUT2D eigenvalue weighted by Crippen LogP contribution is -2.26. The highest BCUT2D eigenvalue weighted by atomic mass is 19.1. The molecule has 0 saturated carbocycles. The number of halogens is 1. The van der Waals surface area contributed by atoms with Gasteiger partial charge in [0.25, 0.3) is 0 Å². The van der Waals surface area contributed by atoms with Crippen LogP contribution in [0.15, 0.2) is 24.3 Å². The Hall–Kier alpha value is -2.77. The molecule has 0 aliphatic rings. The second-order valence-corrected chi connectivity index (χ2v) is 4.84. The largest absolute Gasteiger partial charge is 0.369 e. The lowest BCUT2D eigenvalue weighted by atomic mass is 10.2. The van der Waals surface area contributed by atoms with E-state index in [2.05, 4.69) is 15.4 Å². The maximum Gasteiger partial charge on any atom is 0.225 e. The summed E-state index contributed by atoms with van der Waals surface area (Å²) >= 11 is 0. The fourth-order valence-electron chi connectivity index (χ4n) is 2.05. The Morgan fingerprint density at radius 2 is 2.18 bits per heavy atom. The number of amides is 2. The van der Waals surface area contributed by atoms with Gasteiger partial charge in [0.05, 0.1) is 18.2 Å². The summed E-state index contributed by atoms with van der Waals surface area (Å²) < 4.78 is 14.8. The summed E-state index contributed by atoms with van der Waals surface area (Å²) in [4.78, 5) is 26.5. The topological polar surface area (TPSA) is 103 Å². The summed E-state index contributed by atoms with van der Waals surface area (Å²) in [6.45, 7) is 3.10. The molecular weight excluding hydrogens is 289 g/mol. The van der Waals surface area contributed by atoms with Gasteiger partial charge in [-0.15, -0.1) is 0 Å². The van der Waals surface area contributed by atoms with Crippen molar-refractivity contribution in [3.05, 3.63) is 41.7 Å². The number of nitrogens with zero attached hydrogens (tertiary/aromatic N) is 3. The zero-order chi connectivity index (χ0) is 16.3. The van der Waals surface area contributed by atoms with E-state index in [1.54, 1.807) is 13.0 Å². The number of primary amides is 1. The predicted octanol–water partition coefficient (Wildman–Crippen LogP) is 0.631. The van der Waals surface area contributed by atoms with E-state index in [0.29, 0.717) is 11.5 Å². The van der Waals surface area contributed by atoms with E-state index in [0.717, 1.165) is 0 Å². The number of carbonyl (C=O) groups is 2. The second-order valence-electron chi connectivity index (χ2n) is 4.84. The maximum absolute atomic E-state index is 13.4. The third-order valence-electron chi connectivity index (χ3n) is 2.87. The fraction of sp³-hybridized carbons (Fsp3) is 0.286. The molecule has 1 atom stereocenters. The third kappa shape index (κ3) is 3.66. The first-order chi connectivity index (χ1) is 10.4. The van der Waals surface area contributed by atoms with Crippen LogP contribution in [0.25, 0.3) is 5.69 Å². The number of nitrogens with two attached hydrogens (primary N) is 1. The van der Waals surface area contributed by atoms with Crippen LogP contribution in [0.3, 0.4) is 0 Å². The summed E-state index contributed by atoms with van der Waals surface area (Å²) in [5, 5.41) is 6.86. The van der Waals surface area contributed by atoms with E-state index in [4.69, 9.17) is 5.73 Å². The first-order valence-electron chi connectivity index (χ1n) is 6.64. The number of aromatic nitrogens is 3. The molecule has 116 valence electrons. The number of rotatable bonds is 5. The molecule has 1 aromatic heterocycles. The summed E-state index contributed by atoms with van der Waals surface area (Å²) in [6.07, 6.45) is -0.137. The molecule has 22 heavy (non-hydrogen) atoms. The monoisotopic (exact) mass is 305 g/mol. The molecule has 2 rings (SSSR count). The molecule has 0 saturated heterocycles. The molecule has 0 aliphatic heterocycles. The average Bonchev–Trinajstić information content (AvgIpc) is 2.81. The van der Waals surface area contributed by atoms with Gasteiger partial charge in [-0.3, -0.25) is 9.59 Å². The Bertz CT molecular complexity index is 713. The normalized spacial score (nSPS) is 12.0. The van der Waals surface area contributed by atoms with Crippen LogP contribution in [0, 0.1) is 5.82 Å². The number of hydrogen-bond acceptors (Lipinski definition) is 4. The van der Waals surface area contributed by atoms with E-state index in [1.807, 2.05) is 0 Å². The Morgan fingerprint density at radius 1 is 1.45 bits per heavy atom. The van der Waals surface area contributed by atoms with Crippen LogP contribution < -0.4 is 11.1 Å². The van der Waals surface area contributed by atoms with Crippen LogP contribution in [0.2, 0.25) is 0 Å². The van der Waals surface area contributed by atoms with Gasteiger partial charge in [-0.25, -0.2) is 14.1 Å². The van der Waals surface area contributed by atoms with Crippen LogP contribution in [-0.4, -0.2) is 26.6 Å². The molecule has 1 heterocycles. The van der Waals surface area contributed by atoms with E-state index >= 15 is 0 Å². The van der Waals surface area contributed by atoms with E-state index < -0.39 is 17.8 Å². The number of benzene rings is 1. The molecule has 0 aliphatic carbocycles. The van der Waals surface area contributed by atoms with Gasteiger partial charge in [-0.2, -0.15) is 5.10 Å². The highest BCUT2D eigenvalue weighted by molar-refractivity contribution is 5.75. The van der Waals surface area contributed by atoms with Crippen LogP contribution in [0.4, 0.5) is 4.39 Å². The zero-order valence-electron chi connectivity index (χ0n) is 12.2. The van der Waals surface area contributed by atoms with Gasteiger partial charge >= 0.3 is 0 Å². The van der Waals surface area contributed by atoms with Crippen molar-refractivity contribution in [2.45, 2.75) is 26.3 Å². The first kappa shape index (κ1) is 15.6. The van der Waals surface area contributed by atoms with Crippen LogP contribution in [0.5, 0.6) is 0 Å². The van der Waals surface area contributed by atoms with Crippen molar-refractivity contribution in [3.63, 3.8) is 0 Å². The van der Waals surface area contributed by atoms with Crippen molar-refractivity contribution in [3.8, 4) is 5.69 Å². The summed E-state index contributed by atoms with van der Waals surface area (Å²) in [5.74, 6) is -0.642. The molecule has 2 aromatic rings. The SMILES string of the molecule is CC(=O)N[C@@H](C)c1nc(CC(N)=O)nn1-c1cccc(F)c1. The van der Waals surface area contributed by atoms with E-state index in [9.17, 15) is 14.0 Å². The van der Waals surface area contributed by atoms with Crippen molar-refractivity contribution in [2.24, 2.45) is 5.73 Å². The highest BCUT2D eigenvalue weighted by Gasteiger charge is 2.19. The number of carbonyl (C=O) groups excluding carboxylic acids is 2. The third-order valence-corrected chi connectivity index (χ3v) is 2.87. The van der Waals surface area contributed by atoms with Gasteiger partial charge in [0.15, 0.2) is 11.6 Å². The fourth-order valence-corrected chi connectivity index (χ4v) is 2.05. The lowest BCUT2D eigenvalue weighted by molar-refractivity contribution is -0.120. The van der Waals surface area contributed by atoms with Gasteiger partial charge in [0.1, 0.15) is 5.82 Å². The number of hydrogen-bond donors (Lipinski definition) is 2. The van der Waals surface area contributed by atoms with Gasteiger partial charge in [0.2, 0.25) is 11.8 Å². The zero-order valence-corrected chi connectivity index (χ0v) is 12.2. The Morgan fingerprint density at radius 3 is 2.77 bits per heavy atom. The minimum absolute atomic E-state index is 0.137. The summed E-state index contributed by atoms with van der Waals surface area (Å²) in [6, 6.07) is 5.31. The molecule has 8 heteroatoms. The predicted molar refractivity (Wildman–Crippen MR) is 76.4 cm³/mol. The molecule has 3 N–H and O–H groups in total. The van der Waals surface area contributed by atoms with Crippen molar-refractivity contribution in [2.75, 3.05) is 0 Å². The molecule has 2 amide bonds. The minimum Gasteiger partial charge on any atom is -0.369 e. The molecule has 7 nitrogen and oxygen atoms in total. The second kappa shape index (κ2) is 6.33. The van der Waals surface area contributed by atoms with Crippen LogP contribution >= 0.6 is 0 Å². The molecule has 0 radical (unpaired) electrons. The minimum atomic E-state index is -0.574. The van der Waals surface area contributed by atoms with Gasteiger partial charge in [0, 0.05) is 6.92 Å². The van der Waals surface area contributed by atoms with Gasteiger partial charge in [-0.1, -0.05) is 6.07 Å². The molecule has 0 spiro atoms. The Kier molecular flexibility index (Phi) is 4.50. The average molecular weight is 305 g/mol. The molecule has 0 bridgehead atoms. The maximum atomic E-state index is 13.4. The Labute approximate surface area is 126 Å². The molecule has 1 aromatic carbocycles. The molecule has 0 unspecified atom stereocenters. The lowest BCUT2D eigenvalue weighted by Gasteiger charge is -2.13. The van der Waals surface area contributed by atoms with Crippen molar-refractivity contribution in [1.82, 2.24) is 20.1 Å². The quantitative estimate of drug-likeness (QED) is 0.845. The van der Waals surface area contributed by atoms with Crippen molar-refractivity contribution in [1.29, 1.82) is 0 Å². The summed E-state index contributed by atoms with van der Waals surface area (Å²) in [7, 11) is 0. The number of nitrogens with one attached hydrogen (secondary N) is 1. The smallest absolute Gasteiger partial charge is 0.225 e. The van der Waals surface area contributed by atoms with Crippen molar-refractivity contribution >= 4 is 11.8 Å². The van der Waals surface area contributed by atoms with Gasteiger partial charge in [-0.05, 0) is 25.1 Å². The van der Waals surface area contributed by atoms with E-state index in [1.165, 1.54) is 29.8 Å². The van der Waals surface area contributed by atoms with Crippen molar-refractivity contribution < 1.29 is 14.0 Å². The standard InChI is InChI=1S/C14H16FN5O2/c1-8(17-9(2)21)14-18-13(7-12(16)22)19-20(14)11-5-3-4-10(15)6-11/h3-6,8H,7H2,1-2H3,(H2,16,22)(H,17,21)/t8-/m0/s1. The highest BCUT2D eigenvalue weighted by Crippen LogP contribution is 2.17. The first-order valence-corrected chi connectivity index (χ1v) is 6.64. The summed E-state index contributed by atoms with van der Waals surface area (Å²) in [5.41, 5.74) is 5.59. The van der Waals surface area contributed by atoms with Crippen LogP contribution in [0.1, 0.15) is 31.5 Å². The van der Waals surface area contributed by atoms with Gasteiger partial charge < -0.3 is 11.1 Å².